The Morgan fingerprint density at radius 3 is 2.59 bits per heavy atom. The quantitative estimate of drug-likeness (QED) is 0.467. The highest BCUT2D eigenvalue weighted by molar-refractivity contribution is 7.11. The molecule has 1 heterocycles. The molecule has 0 aliphatic rings. The molecule has 1 N–H and O–H groups in total. The monoisotopic (exact) mass is 435 g/mol. The SMILES string of the molecule is COc1ccc(-c2csc(/C(C#N)=C\Nc3ccc(Cl)c(C(F)(F)F)c3)n2)cc1. The maximum absolute atomic E-state index is 13.0. The van der Waals surface area contributed by atoms with E-state index in [-0.39, 0.29) is 11.3 Å². The normalized spacial score (nSPS) is 11.8. The van der Waals surface area contributed by atoms with Crippen molar-refractivity contribution < 1.29 is 17.9 Å². The van der Waals surface area contributed by atoms with E-state index in [9.17, 15) is 18.4 Å². The number of rotatable bonds is 5. The van der Waals surface area contributed by atoms with E-state index in [0.717, 1.165) is 17.7 Å². The molecule has 0 amide bonds. The van der Waals surface area contributed by atoms with Crippen LogP contribution < -0.4 is 10.1 Å². The summed E-state index contributed by atoms with van der Waals surface area (Å²) in [5.41, 5.74) is 0.928. The third-order valence-electron chi connectivity index (χ3n) is 3.90. The lowest BCUT2D eigenvalue weighted by Gasteiger charge is -2.10. The van der Waals surface area contributed by atoms with E-state index in [1.165, 1.54) is 23.6 Å². The van der Waals surface area contributed by atoms with E-state index in [1.807, 2.05) is 18.2 Å². The number of aromatic nitrogens is 1. The fraction of sp³-hybridized carbons (Fsp3) is 0.100. The molecule has 0 saturated carbocycles. The van der Waals surface area contributed by atoms with Crippen molar-refractivity contribution in [2.24, 2.45) is 0 Å². The number of anilines is 1. The van der Waals surface area contributed by atoms with E-state index in [4.69, 9.17) is 16.3 Å². The summed E-state index contributed by atoms with van der Waals surface area (Å²) in [4.78, 5) is 4.44. The molecule has 0 spiro atoms. The van der Waals surface area contributed by atoms with E-state index >= 15 is 0 Å². The fourth-order valence-corrected chi connectivity index (χ4v) is 3.44. The number of nitrogens with zero attached hydrogens (tertiary/aromatic N) is 2. The van der Waals surface area contributed by atoms with E-state index < -0.39 is 16.8 Å². The molecule has 3 aromatic rings. The number of halogens is 4. The molecule has 29 heavy (non-hydrogen) atoms. The number of methoxy groups -OCH3 is 1. The van der Waals surface area contributed by atoms with Crippen LogP contribution in [0.3, 0.4) is 0 Å². The molecule has 148 valence electrons. The van der Waals surface area contributed by atoms with Crippen molar-refractivity contribution in [3.05, 3.63) is 69.6 Å². The number of alkyl halides is 3. The number of thiazole rings is 1. The molecular formula is C20H13ClF3N3OS. The number of nitriles is 1. The molecule has 0 saturated heterocycles. The van der Waals surface area contributed by atoms with Gasteiger partial charge in [0.15, 0.2) is 0 Å². The second-order valence-corrected chi connectivity index (χ2v) is 7.04. The smallest absolute Gasteiger partial charge is 0.417 e. The van der Waals surface area contributed by atoms with Crippen LogP contribution in [0.5, 0.6) is 5.75 Å². The summed E-state index contributed by atoms with van der Waals surface area (Å²) in [5, 5.41) is 14.0. The Hall–Kier alpha value is -3.02. The number of ether oxygens (including phenoxy) is 1. The van der Waals surface area contributed by atoms with E-state index in [2.05, 4.69) is 10.3 Å². The molecule has 2 aromatic carbocycles. The topological polar surface area (TPSA) is 57.9 Å². The highest BCUT2D eigenvalue weighted by Gasteiger charge is 2.33. The zero-order valence-corrected chi connectivity index (χ0v) is 16.5. The van der Waals surface area contributed by atoms with Crippen LogP contribution in [0.15, 0.2) is 54.0 Å². The summed E-state index contributed by atoms with van der Waals surface area (Å²) < 4.78 is 44.0. The zero-order valence-electron chi connectivity index (χ0n) is 14.9. The largest absolute Gasteiger partial charge is 0.497 e. The summed E-state index contributed by atoms with van der Waals surface area (Å²) in [5.74, 6) is 0.715. The third-order valence-corrected chi connectivity index (χ3v) is 5.10. The Labute approximate surface area is 173 Å². The van der Waals surface area contributed by atoms with Gasteiger partial charge in [-0.2, -0.15) is 18.4 Å². The first kappa shape index (κ1) is 20.7. The van der Waals surface area contributed by atoms with Gasteiger partial charge in [0.2, 0.25) is 0 Å². The second-order valence-electron chi connectivity index (χ2n) is 5.77. The Morgan fingerprint density at radius 1 is 1.24 bits per heavy atom. The molecule has 1 aromatic heterocycles. The molecule has 0 aliphatic heterocycles. The van der Waals surface area contributed by atoms with Crippen molar-refractivity contribution in [1.29, 1.82) is 5.26 Å². The predicted molar refractivity (Wildman–Crippen MR) is 108 cm³/mol. The van der Waals surface area contributed by atoms with Crippen LogP contribution in [0.25, 0.3) is 16.8 Å². The molecule has 0 aliphatic carbocycles. The van der Waals surface area contributed by atoms with E-state index in [1.54, 1.807) is 24.6 Å². The Balaban J connectivity index is 1.82. The summed E-state index contributed by atoms with van der Waals surface area (Å²) in [6, 6.07) is 12.7. The number of allylic oxidation sites excluding steroid dienone is 1. The molecule has 0 atom stereocenters. The third kappa shape index (κ3) is 4.88. The average molecular weight is 436 g/mol. The second kappa shape index (κ2) is 8.55. The first-order valence-corrected chi connectivity index (χ1v) is 9.41. The lowest BCUT2D eigenvalue weighted by atomic mass is 10.2. The first-order valence-electron chi connectivity index (χ1n) is 8.15. The van der Waals surface area contributed by atoms with Crippen LogP contribution in [0.1, 0.15) is 10.6 Å². The van der Waals surface area contributed by atoms with E-state index in [0.29, 0.717) is 16.5 Å². The molecule has 0 fully saturated rings. The van der Waals surface area contributed by atoms with Gasteiger partial charge in [0.05, 0.1) is 23.4 Å². The van der Waals surface area contributed by atoms with Gasteiger partial charge >= 0.3 is 6.18 Å². The van der Waals surface area contributed by atoms with Crippen molar-refractivity contribution in [3.8, 4) is 23.1 Å². The maximum atomic E-state index is 13.0. The van der Waals surface area contributed by atoms with Gasteiger partial charge in [0.1, 0.15) is 22.4 Å². The van der Waals surface area contributed by atoms with Crippen LogP contribution in [-0.4, -0.2) is 12.1 Å². The molecule has 0 radical (unpaired) electrons. The van der Waals surface area contributed by atoms with Crippen molar-refractivity contribution in [2.75, 3.05) is 12.4 Å². The summed E-state index contributed by atoms with van der Waals surface area (Å²) in [6.07, 6.45) is -3.25. The molecular weight excluding hydrogens is 423 g/mol. The van der Waals surface area contributed by atoms with Crippen LogP contribution in [0.4, 0.5) is 18.9 Å². The minimum Gasteiger partial charge on any atom is -0.497 e. The predicted octanol–water partition coefficient (Wildman–Crippen LogP) is 6.47. The van der Waals surface area contributed by atoms with Gasteiger partial charge in [-0.25, -0.2) is 4.98 Å². The van der Waals surface area contributed by atoms with Crippen molar-refractivity contribution >= 4 is 34.2 Å². The molecule has 9 heteroatoms. The number of hydrogen-bond acceptors (Lipinski definition) is 5. The minimum atomic E-state index is -4.57. The number of nitrogens with one attached hydrogen (secondary N) is 1. The fourth-order valence-electron chi connectivity index (χ4n) is 2.42. The Bertz CT molecular complexity index is 1090. The van der Waals surface area contributed by atoms with Crippen molar-refractivity contribution in [2.45, 2.75) is 6.18 Å². The van der Waals surface area contributed by atoms with Gasteiger partial charge in [0, 0.05) is 22.8 Å². The lowest BCUT2D eigenvalue weighted by molar-refractivity contribution is -0.137. The van der Waals surface area contributed by atoms with Gasteiger partial charge in [-0.3, -0.25) is 0 Å². The highest BCUT2D eigenvalue weighted by Crippen LogP contribution is 2.36. The van der Waals surface area contributed by atoms with Crippen LogP contribution >= 0.6 is 22.9 Å². The van der Waals surface area contributed by atoms with Gasteiger partial charge in [-0.05, 0) is 42.5 Å². The molecule has 0 unspecified atom stereocenters. The number of hydrogen-bond donors (Lipinski definition) is 1. The number of benzene rings is 2. The van der Waals surface area contributed by atoms with Gasteiger partial charge in [0.25, 0.3) is 0 Å². The van der Waals surface area contributed by atoms with Crippen LogP contribution in [0, 0.1) is 11.3 Å². The molecule has 3 rings (SSSR count). The Kier molecular flexibility index (Phi) is 6.11. The van der Waals surface area contributed by atoms with Crippen LogP contribution in [0.2, 0.25) is 5.02 Å². The van der Waals surface area contributed by atoms with Crippen molar-refractivity contribution in [3.63, 3.8) is 0 Å². The first-order chi connectivity index (χ1) is 13.8. The highest BCUT2D eigenvalue weighted by atomic mass is 35.5. The van der Waals surface area contributed by atoms with Gasteiger partial charge in [-0.1, -0.05) is 11.6 Å². The summed E-state index contributed by atoms with van der Waals surface area (Å²) in [6.45, 7) is 0. The van der Waals surface area contributed by atoms with Crippen molar-refractivity contribution in [1.82, 2.24) is 4.98 Å². The average Bonchev–Trinajstić information content (AvgIpc) is 3.19. The zero-order chi connectivity index (χ0) is 21.0. The van der Waals surface area contributed by atoms with Gasteiger partial charge < -0.3 is 10.1 Å². The van der Waals surface area contributed by atoms with Gasteiger partial charge in [-0.15, -0.1) is 11.3 Å². The molecule has 4 nitrogen and oxygen atoms in total. The minimum absolute atomic E-state index is 0.154. The van der Waals surface area contributed by atoms with Crippen LogP contribution in [-0.2, 0) is 6.18 Å². The summed E-state index contributed by atoms with van der Waals surface area (Å²) >= 11 is 6.87. The summed E-state index contributed by atoms with van der Waals surface area (Å²) in [7, 11) is 1.57. The lowest BCUT2D eigenvalue weighted by Crippen LogP contribution is -2.06. The molecule has 0 bridgehead atoms. The Morgan fingerprint density at radius 2 is 1.97 bits per heavy atom. The maximum Gasteiger partial charge on any atom is 0.417 e. The standard InChI is InChI=1S/C20H13ClF3N3OS/c1-28-15-5-2-12(3-6-15)18-11-29-19(27-18)13(9-25)10-26-14-4-7-17(21)16(8-14)20(22,23)24/h2-8,10-11,26H,1H3/b13-10-.